The van der Waals surface area contributed by atoms with E-state index in [1.54, 1.807) is 24.3 Å². The number of anilines is 1. The Morgan fingerprint density at radius 2 is 1.72 bits per heavy atom. The lowest BCUT2D eigenvalue weighted by Gasteiger charge is -2.30. The Bertz CT molecular complexity index is 1570. The molecule has 2 amide bonds. The molecule has 0 saturated carbocycles. The van der Waals surface area contributed by atoms with Gasteiger partial charge in [-0.3, -0.25) is 9.59 Å². The molecule has 10 heteroatoms. The molecule has 0 aliphatic carbocycles. The van der Waals surface area contributed by atoms with Gasteiger partial charge in [-0.1, -0.05) is 29.8 Å². The van der Waals surface area contributed by atoms with Crippen molar-refractivity contribution in [2.45, 2.75) is 12.2 Å². The summed E-state index contributed by atoms with van der Waals surface area (Å²) in [6.45, 7) is 0. The molecule has 0 radical (unpaired) electrons. The van der Waals surface area contributed by atoms with Gasteiger partial charge in [0.05, 0.1) is 11.6 Å². The molecule has 1 heterocycles. The Morgan fingerprint density at radius 1 is 0.944 bits per heavy atom. The Kier molecular flexibility index (Phi) is 5.67. The van der Waals surface area contributed by atoms with Gasteiger partial charge in [0.15, 0.2) is 0 Å². The van der Waals surface area contributed by atoms with Gasteiger partial charge in [0, 0.05) is 38.4 Å². The number of amides is 2. The molecular formula is C26H14ClF5N2O2. The number of carbonyl (C=O) groups excluding carboxylic acids is 2. The molecular weight excluding hydrogens is 503 g/mol. The fourth-order valence-electron chi connectivity index (χ4n) is 4.33. The van der Waals surface area contributed by atoms with Crippen molar-refractivity contribution in [2.75, 3.05) is 5.32 Å². The highest BCUT2D eigenvalue weighted by Crippen LogP contribution is 2.42. The van der Waals surface area contributed by atoms with Gasteiger partial charge < -0.3 is 10.6 Å². The molecule has 182 valence electrons. The number of halogens is 6. The molecule has 36 heavy (non-hydrogen) atoms. The first-order valence-corrected chi connectivity index (χ1v) is 10.9. The maximum atomic E-state index is 14.1. The largest absolute Gasteiger partial charge is 0.416 e. The normalized spacial score (nSPS) is 15.1. The molecule has 1 aliphatic heterocycles. The van der Waals surface area contributed by atoms with Crippen LogP contribution in [0.2, 0.25) is 5.02 Å². The highest BCUT2D eigenvalue weighted by molar-refractivity contribution is 6.31. The van der Waals surface area contributed by atoms with Crippen molar-refractivity contribution in [1.82, 2.24) is 5.32 Å². The summed E-state index contributed by atoms with van der Waals surface area (Å²) in [5, 5.41) is 6.53. The predicted octanol–water partition coefficient (Wildman–Crippen LogP) is 6.88. The van der Waals surface area contributed by atoms with Crippen molar-refractivity contribution in [3.05, 3.63) is 111 Å². The summed E-state index contributed by atoms with van der Waals surface area (Å²) in [7, 11) is 0. The third-order valence-corrected chi connectivity index (χ3v) is 6.24. The molecule has 1 atom stereocenters. The number of rotatable bonds is 3. The molecule has 4 aromatic rings. The van der Waals surface area contributed by atoms with Gasteiger partial charge in [0.2, 0.25) is 0 Å². The van der Waals surface area contributed by atoms with Crippen LogP contribution in [0.15, 0.2) is 66.7 Å². The minimum Gasteiger partial charge on any atom is -0.341 e. The smallest absolute Gasteiger partial charge is 0.341 e. The molecule has 2 N–H and O–H groups in total. The fourth-order valence-corrected chi connectivity index (χ4v) is 4.56. The second-order valence-corrected chi connectivity index (χ2v) is 8.59. The lowest BCUT2D eigenvalue weighted by atomic mass is 9.86. The van der Waals surface area contributed by atoms with Gasteiger partial charge in [0.1, 0.15) is 11.6 Å². The summed E-state index contributed by atoms with van der Waals surface area (Å²) in [5.41, 5.74) is -0.881. The molecule has 0 bridgehead atoms. The average Bonchev–Trinajstić information content (AvgIpc) is 2.82. The van der Waals surface area contributed by atoms with E-state index < -0.39 is 46.8 Å². The fraction of sp³-hybridized carbons (Fsp3) is 0.0769. The van der Waals surface area contributed by atoms with E-state index >= 15 is 0 Å². The van der Waals surface area contributed by atoms with Crippen LogP contribution in [-0.4, -0.2) is 11.8 Å². The number of carbonyl (C=O) groups is 2. The van der Waals surface area contributed by atoms with Crippen LogP contribution in [0.25, 0.3) is 10.8 Å². The summed E-state index contributed by atoms with van der Waals surface area (Å²) in [6.07, 6.45) is -4.86. The van der Waals surface area contributed by atoms with E-state index in [9.17, 15) is 31.5 Å². The minimum absolute atomic E-state index is 0.128. The van der Waals surface area contributed by atoms with Crippen LogP contribution < -0.4 is 10.6 Å². The zero-order valence-electron chi connectivity index (χ0n) is 18.0. The quantitative estimate of drug-likeness (QED) is 0.292. The van der Waals surface area contributed by atoms with E-state index in [0.29, 0.717) is 34.5 Å². The zero-order chi connectivity index (χ0) is 25.8. The lowest BCUT2D eigenvalue weighted by molar-refractivity contribution is -0.137. The zero-order valence-corrected chi connectivity index (χ0v) is 18.8. The van der Waals surface area contributed by atoms with E-state index in [1.807, 2.05) is 0 Å². The maximum Gasteiger partial charge on any atom is 0.416 e. The molecule has 0 aromatic heterocycles. The van der Waals surface area contributed by atoms with Crippen LogP contribution in [0.1, 0.15) is 43.4 Å². The summed E-state index contributed by atoms with van der Waals surface area (Å²) in [5.74, 6) is -3.30. The molecule has 4 nitrogen and oxygen atoms in total. The third kappa shape index (κ3) is 4.15. The van der Waals surface area contributed by atoms with Crippen molar-refractivity contribution < 1.29 is 31.5 Å². The number of nitrogens with one attached hydrogen (secondary N) is 2. The Hall–Kier alpha value is -3.98. The minimum atomic E-state index is -4.86. The van der Waals surface area contributed by atoms with Gasteiger partial charge in [-0.25, -0.2) is 8.78 Å². The van der Waals surface area contributed by atoms with Crippen LogP contribution in [0, 0.1) is 11.6 Å². The first-order valence-electron chi connectivity index (χ1n) is 10.5. The van der Waals surface area contributed by atoms with Gasteiger partial charge in [0.25, 0.3) is 11.8 Å². The second-order valence-electron chi connectivity index (χ2n) is 8.18. The first-order chi connectivity index (χ1) is 17.0. The highest BCUT2D eigenvalue weighted by atomic mass is 35.5. The summed E-state index contributed by atoms with van der Waals surface area (Å²) < 4.78 is 67.5. The van der Waals surface area contributed by atoms with Gasteiger partial charge >= 0.3 is 6.18 Å². The summed E-state index contributed by atoms with van der Waals surface area (Å²) >= 11 is 6.32. The SMILES string of the molecule is O=C(Nc1ccc2cccc3c2c1C(c1cc(F)ccc1Cl)NC3=O)c1cc(F)cc(C(F)(F)F)c1. The molecule has 0 spiro atoms. The molecule has 4 aromatic carbocycles. The van der Waals surface area contributed by atoms with Crippen LogP contribution >= 0.6 is 11.6 Å². The topological polar surface area (TPSA) is 58.2 Å². The van der Waals surface area contributed by atoms with Gasteiger partial charge in [-0.05, 0) is 53.9 Å². The van der Waals surface area contributed by atoms with Gasteiger partial charge in [-0.15, -0.1) is 0 Å². The Morgan fingerprint density at radius 3 is 2.47 bits per heavy atom. The predicted molar refractivity (Wildman–Crippen MR) is 124 cm³/mol. The average molecular weight is 517 g/mol. The monoisotopic (exact) mass is 516 g/mol. The van der Waals surface area contributed by atoms with Crippen molar-refractivity contribution in [3.8, 4) is 0 Å². The molecule has 1 unspecified atom stereocenters. The van der Waals surface area contributed by atoms with Crippen molar-refractivity contribution >= 4 is 39.9 Å². The standard InChI is InChI=1S/C26H14ClF5N2O2/c27-19-6-5-15(28)11-18(19)23-22-20(7-4-12-2-1-3-17(21(12)22)25(36)34-23)33-24(35)13-8-14(26(30,31)32)10-16(29)9-13/h1-11,23H,(H,33,35)(H,34,36). The second kappa shape index (κ2) is 8.60. The maximum absolute atomic E-state index is 14.1. The van der Waals surface area contributed by atoms with Crippen LogP contribution in [-0.2, 0) is 6.18 Å². The Labute approximate surface area is 205 Å². The van der Waals surface area contributed by atoms with E-state index in [-0.39, 0.29) is 21.8 Å². The van der Waals surface area contributed by atoms with Crippen LogP contribution in [0.3, 0.4) is 0 Å². The van der Waals surface area contributed by atoms with E-state index in [2.05, 4.69) is 10.6 Å². The Balaban J connectivity index is 1.67. The van der Waals surface area contributed by atoms with Gasteiger partial charge in [-0.2, -0.15) is 13.2 Å². The number of alkyl halides is 3. The third-order valence-electron chi connectivity index (χ3n) is 5.90. The number of hydrogen-bond donors (Lipinski definition) is 2. The number of benzene rings is 4. The lowest BCUT2D eigenvalue weighted by Crippen LogP contribution is -2.34. The van der Waals surface area contributed by atoms with E-state index in [1.165, 1.54) is 12.1 Å². The highest BCUT2D eigenvalue weighted by Gasteiger charge is 2.34. The van der Waals surface area contributed by atoms with Crippen molar-refractivity contribution in [3.63, 3.8) is 0 Å². The summed E-state index contributed by atoms with van der Waals surface area (Å²) in [4.78, 5) is 25.9. The van der Waals surface area contributed by atoms with E-state index in [4.69, 9.17) is 11.6 Å². The van der Waals surface area contributed by atoms with Crippen molar-refractivity contribution in [2.24, 2.45) is 0 Å². The summed E-state index contributed by atoms with van der Waals surface area (Å²) in [6, 6.07) is 12.2. The molecule has 1 aliphatic rings. The van der Waals surface area contributed by atoms with Crippen LogP contribution in [0.5, 0.6) is 0 Å². The molecule has 5 rings (SSSR count). The number of hydrogen-bond acceptors (Lipinski definition) is 2. The van der Waals surface area contributed by atoms with Crippen LogP contribution in [0.4, 0.5) is 27.6 Å². The first kappa shape index (κ1) is 23.7. The molecule has 0 fully saturated rings. The van der Waals surface area contributed by atoms with E-state index in [0.717, 1.165) is 12.1 Å². The molecule has 0 saturated heterocycles. The van der Waals surface area contributed by atoms with Crippen molar-refractivity contribution in [1.29, 1.82) is 0 Å².